The first-order valence-corrected chi connectivity index (χ1v) is 5.12. The molecule has 1 aliphatic carbocycles. The second-order valence-electron chi connectivity index (χ2n) is 2.55. The van der Waals surface area contributed by atoms with Gasteiger partial charge in [-0.05, 0) is 19.5 Å². The third kappa shape index (κ3) is 1.76. The van der Waals surface area contributed by atoms with E-state index in [1.54, 1.807) is 0 Å². The minimum absolute atomic E-state index is 0.443. The molecule has 0 N–H and O–H groups in total. The SMILES string of the molecule is CPC1CCCCC1=O. The topological polar surface area (TPSA) is 17.1 Å². The molecule has 1 nitrogen and oxygen atoms in total. The third-order valence-electron chi connectivity index (χ3n) is 1.90. The minimum Gasteiger partial charge on any atom is -0.299 e. The molecular formula is C7H13OP. The highest BCUT2D eigenvalue weighted by molar-refractivity contribution is 7.39. The lowest BCUT2D eigenvalue weighted by Gasteiger charge is -2.17. The maximum absolute atomic E-state index is 11.0. The van der Waals surface area contributed by atoms with Crippen molar-refractivity contribution in [2.45, 2.75) is 31.3 Å². The summed E-state index contributed by atoms with van der Waals surface area (Å²) in [6, 6.07) is 0. The third-order valence-corrected chi connectivity index (χ3v) is 3.21. The van der Waals surface area contributed by atoms with Crippen LogP contribution in [-0.2, 0) is 4.79 Å². The van der Waals surface area contributed by atoms with Gasteiger partial charge in [0.2, 0.25) is 0 Å². The molecule has 0 aliphatic heterocycles. The molecule has 52 valence electrons. The molecular weight excluding hydrogens is 131 g/mol. The van der Waals surface area contributed by atoms with Crippen molar-refractivity contribution in [3.8, 4) is 0 Å². The molecule has 1 saturated carbocycles. The Bertz CT molecular complexity index is 111. The molecule has 2 atom stereocenters. The van der Waals surface area contributed by atoms with Gasteiger partial charge in [0.05, 0.1) is 0 Å². The molecule has 2 unspecified atom stereocenters. The number of ketones is 1. The lowest BCUT2D eigenvalue weighted by molar-refractivity contribution is -0.119. The van der Waals surface area contributed by atoms with Crippen LogP contribution in [0.1, 0.15) is 25.7 Å². The number of carbonyl (C=O) groups excluding carboxylic acids is 1. The monoisotopic (exact) mass is 144 g/mol. The van der Waals surface area contributed by atoms with E-state index < -0.39 is 0 Å². The molecule has 0 aromatic rings. The Morgan fingerprint density at radius 1 is 1.56 bits per heavy atom. The van der Waals surface area contributed by atoms with Crippen LogP contribution in [0.4, 0.5) is 0 Å². The predicted octanol–water partition coefficient (Wildman–Crippen LogP) is 1.81. The smallest absolute Gasteiger partial charge is 0.139 e. The highest BCUT2D eigenvalue weighted by Gasteiger charge is 2.19. The molecule has 0 radical (unpaired) electrons. The van der Waals surface area contributed by atoms with Gasteiger partial charge in [-0.1, -0.05) is 6.42 Å². The van der Waals surface area contributed by atoms with Crippen molar-refractivity contribution in [2.75, 3.05) is 6.66 Å². The van der Waals surface area contributed by atoms with Crippen LogP contribution in [0.2, 0.25) is 0 Å². The van der Waals surface area contributed by atoms with Crippen molar-refractivity contribution in [1.82, 2.24) is 0 Å². The van der Waals surface area contributed by atoms with Crippen LogP contribution in [-0.4, -0.2) is 18.1 Å². The van der Waals surface area contributed by atoms with Gasteiger partial charge in [0.25, 0.3) is 0 Å². The predicted molar refractivity (Wildman–Crippen MR) is 41.5 cm³/mol. The summed E-state index contributed by atoms with van der Waals surface area (Å²) < 4.78 is 0. The van der Waals surface area contributed by atoms with Crippen molar-refractivity contribution in [2.24, 2.45) is 0 Å². The zero-order valence-electron chi connectivity index (χ0n) is 5.81. The number of carbonyl (C=O) groups is 1. The van der Waals surface area contributed by atoms with Crippen molar-refractivity contribution >= 4 is 14.4 Å². The first-order valence-electron chi connectivity index (χ1n) is 3.54. The van der Waals surface area contributed by atoms with E-state index in [1.165, 1.54) is 6.42 Å². The summed E-state index contributed by atoms with van der Waals surface area (Å²) in [4.78, 5) is 11.0. The molecule has 0 aromatic carbocycles. The number of rotatable bonds is 1. The van der Waals surface area contributed by atoms with E-state index in [0.29, 0.717) is 11.4 Å². The van der Waals surface area contributed by atoms with E-state index in [9.17, 15) is 4.79 Å². The molecule has 0 spiro atoms. The molecule has 0 amide bonds. The van der Waals surface area contributed by atoms with Crippen molar-refractivity contribution in [1.29, 1.82) is 0 Å². The average Bonchev–Trinajstić information content (AvgIpc) is 1.89. The summed E-state index contributed by atoms with van der Waals surface area (Å²) in [5, 5.41) is 0. The average molecular weight is 144 g/mol. The van der Waals surface area contributed by atoms with Gasteiger partial charge in [-0.15, -0.1) is 8.58 Å². The van der Waals surface area contributed by atoms with Crippen LogP contribution in [0.25, 0.3) is 0 Å². The van der Waals surface area contributed by atoms with Gasteiger partial charge in [0.15, 0.2) is 0 Å². The Labute approximate surface area is 58.0 Å². The standard InChI is InChI=1S/C7H13OP/c1-9-7-5-3-2-4-6(7)8/h7,9H,2-5H2,1H3. The summed E-state index contributed by atoms with van der Waals surface area (Å²) in [6.07, 6.45) is 4.43. The molecule has 9 heavy (non-hydrogen) atoms. The Morgan fingerprint density at radius 2 is 2.33 bits per heavy atom. The molecule has 0 heterocycles. The highest BCUT2D eigenvalue weighted by Crippen LogP contribution is 2.27. The van der Waals surface area contributed by atoms with E-state index >= 15 is 0 Å². The van der Waals surface area contributed by atoms with E-state index in [0.717, 1.165) is 27.8 Å². The molecule has 0 aromatic heterocycles. The lowest BCUT2D eigenvalue weighted by atomic mass is 9.99. The van der Waals surface area contributed by atoms with E-state index in [-0.39, 0.29) is 0 Å². The maximum atomic E-state index is 11.0. The summed E-state index contributed by atoms with van der Waals surface area (Å²) >= 11 is 0. The van der Waals surface area contributed by atoms with Crippen LogP contribution in [0.15, 0.2) is 0 Å². The van der Waals surface area contributed by atoms with Crippen LogP contribution in [0, 0.1) is 0 Å². The minimum atomic E-state index is 0.443. The Hall–Kier alpha value is 0.100. The highest BCUT2D eigenvalue weighted by atomic mass is 31.1. The maximum Gasteiger partial charge on any atom is 0.139 e. The van der Waals surface area contributed by atoms with Gasteiger partial charge in [-0.25, -0.2) is 0 Å². The largest absolute Gasteiger partial charge is 0.299 e. The van der Waals surface area contributed by atoms with E-state index in [4.69, 9.17) is 0 Å². The zero-order valence-corrected chi connectivity index (χ0v) is 6.81. The van der Waals surface area contributed by atoms with Crippen LogP contribution in [0.5, 0.6) is 0 Å². The summed E-state index contributed by atoms with van der Waals surface area (Å²) in [5.41, 5.74) is 0.443. The molecule has 1 rings (SSSR count). The van der Waals surface area contributed by atoms with Crippen molar-refractivity contribution < 1.29 is 4.79 Å². The second-order valence-corrected chi connectivity index (χ2v) is 3.83. The summed E-state index contributed by atoms with van der Waals surface area (Å²) in [5.74, 6) is 0.516. The second kappa shape index (κ2) is 3.31. The van der Waals surface area contributed by atoms with Crippen LogP contribution < -0.4 is 0 Å². The van der Waals surface area contributed by atoms with Crippen molar-refractivity contribution in [3.05, 3.63) is 0 Å². The first kappa shape index (κ1) is 7.21. The molecule has 0 bridgehead atoms. The van der Waals surface area contributed by atoms with Gasteiger partial charge in [0, 0.05) is 12.1 Å². The quantitative estimate of drug-likeness (QED) is 0.513. The number of hydrogen-bond acceptors (Lipinski definition) is 1. The normalized spacial score (nSPS) is 29.9. The van der Waals surface area contributed by atoms with Gasteiger partial charge in [-0.3, -0.25) is 4.79 Å². The lowest BCUT2D eigenvalue weighted by Crippen LogP contribution is -2.19. The molecule has 0 saturated heterocycles. The molecule has 1 aliphatic rings. The van der Waals surface area contributed by atoms with Crippen LogP contribution in [0.3, 0.4) is 0 Å². The summed E-state index contributed by atoms with van der Waals surface area (Å²) in [6.45, 7) is 2.13. The van der Waals surface area contributed by atoms with Crippen molar-refractivity contribution in [3.63, 3.8) is 0 Å². The fourth-order valence-electron chi connectivity index (χ4n) is 1.29. The number of hydrogen-bond donors (Lipinski definition) is 0. The van der Waals surface area contributed by atoms with Gasteiger partial charge < -0.3 is 0 Å². The van der Waals surface area contributed by atoms with Crippen LogP contribution >= 0.6 is 8.58 Å². The van der Waals surface area contributed by atoms with Gasteiger partial charge in [-0.2, -0.15) is 0 Å². The number of Topliss-reactive ketones (excluding diaryl/α,β-unsaturated/α-hetero) is 1. The fourth-order valence-corrected chi connectivity index (χ4v) is 2.25. The molecule has 2 heteroatoms. The van der Waals surface area contributed by atoms with Gasteiger partial charge in [0.1, 0.15) is 5.78 Å². The Morgan fingerprint density at radius 3 is 2.78 bits per heavy atom. The fraction of sp³-hybridized carbons (Fsp3) is 0.857. The van der Waals surface area contributed by atoms with Gasteiger partial charge >= 0.3 is 0 Å². The zero-order chi connectivity index (χ0) is 6.69. The van der Waals surface area contributed by atoms with E-state index in [1.807, 2.05) is 0 Å². The van der Waals surface area contributed by atoms with E-state index in [2.05, 4.69) is 6.66 Å². The first-order chi connectivity index (χ1) is 4.34. The Balaban J connectivity index is 2.39. The molecule has 1 fully saturated rings. The Kier molecular flexibility index (Phi) is 2.65. The summed E-state index contributed by atoms with van der Waals surface area (Å²) in [7, 11) is 0.838.